The lowest BCUT2D eigenvalue weighted by Crippen LogP contribution is -2.33. The Labute approximate surface area is 199 Å². The average molecular weight is 466 g/mol. The van der Waals surface area contributed by atoms with Gasteiger partial charge in [-0.2, -0.15) is 0 Å². The molecule has 174 valence electrons. The number of nitrogens with zero attached hydrogens (tertiary/aromatic N) is 3. The number of carbonyl (C=O) groups excluding carboxylic acids is 2. The maximum atomic E-state index is 12.9. The first-order valence-electron chi connectivity index (χ1n) is 11.1. The molecular weight excluding hydrogens is 434 g/mol. The molecule has 0 aliphatic heterocycles. The van der Waals surface area contributed by atoms with Gasteiger partial charge in [0.1, 0.15) is 0 Å². The highest BCUT2D eigenvalue weighted by Gasteiger charge is 2.26. The Kier molecular flexibility index (Phi) is 8.27. The third-order valence-electron chi connectivity index (χ3n) is 5.32. The first-order valence-corrected chi connectivity index (χ1v) is 12.1. The zero-order chi connectivity index (χ0) is 24.0. The van der Waals surface area contributed by atoms with Crippen LogP contribution >= 0.6 is 11.8 Å². The van der Waals surface area contributed by atoms with Crippen molar-refractivity contribution in [1.82, 2.24) is 20.1 Å². The fourth-order valence-electron chi connectivity index (χ4n) is 3.50. The summed E-state index contributed by atoms with van der Waals surface area (Å²) in [5, 5.41) is 15.4. The number of amides is 2. The van der Waals surface area contributed by atoms with Crippen LogP contribution in [0.5, 0.6) is 0 Å². The maximum absolute atomic E-state index is 12.9. The molecule has 0 aliphatic carbocycles. The van der Waals surface area contributed by atoms with Gasteiger partial charge in [0.2, 0.25) is 5.91 Å². The molecule has 0 bridgehead atoms. The van der Waals surface area contributed by atoms with E-state index in [4.69, 9.17) is 0 Å². The van der Waals surface area contributed by atoms with Crippen LogP contribution in [0.3, 0.4) is 0 Å². The topological polar surface area (TPSA) is 88.9 Å². The molecule has 3 aromatic rings. The molecule has 1 aromatic heterocycles. The molecule has 1 heterocycles. The Morgan fingerprint density at radius 3 is 2.48 bits per heavy atom. The number of hydrogen-bond acceptors (Lipinski definition) is 5. The normalized spacial score (nSPS) is 11.9. The summed E-state index contributed by atoms with van der Waals surface area (Å²) in [7, 11) is 0. The van der Waals surface area contributed by atoms with Crippen LogP contribution in [-0.2, 0) is 11.3 Å². The van der Waals surface area contributed by atoms with Gasteiger partial charge in [-0.1, -0.05) is 61.5 Å². The van der Waals surface area contributed by atoms with E-state index in [0.717, 1.165) is 16.8 Å². The van der Waals surface area contributed by atoms with Crippen molar-refractivity contribution in [2.75, 3.05) is 11.1 Å². The molecule has 8 heteroatoms. The molecular formula is C25H31N5O2S. The number of anilines is 1. The minimum atomic E-state index is -0.305. The predicted octanol–water partition coefficient (Wildman–Crippen LogP) is 4.77. The van der Waals surface area contributed by atoms with Crippen molar-refractivity contribution in [3.8, 4) is 0 Å². The minimum Gasteiger partial charge on any atom is -0.342 e. The van der Waals surface area contributed by atoms with E-state index in [1.54, 1.807) is 6.07 Å². The molecule has 1 atom stereocenters. The number of carbonyl (C=O) groups is 2. The molecule has 0 saturated carbocycles. The predicted molar refractivity (Wildman–Crippen MR) is 132 cm³/mol. The Morgan fingerprint density at radius 2 is 1.82 bits per heavy atom. The minimum absolute atomic E-state index is 0.102. The molecule has 7 nitrogen and oxygen atoms in total. The second-order valence-corrected chi connectivity index (χ2v) is 9.24. The van der Waals surface area contributed by atoms with Gasteiger partial charge in [0.25, 0.3) is 5.91 Å². The lowest BCUT2D eigenvalue weighted by Gasteiger charge is -2.22. The highest BCUT2D eigenvalue weighted by molar-refractivity contribution is 7.99. The van der Waals surface area contributed by atoms with Crippen LogP contribution in [-0.4, -0.2) is 32.3 Å². The molecule has 0 fully saturated rings. The number of aromatic nitrogens is 3. The van der Waals surface area contributed by atoms with Crippen molar-refractivity contribution >= 4 is 29.3 Å². The lowest BCUT2D eigenvalue weighted by molar-refractivity contribution is -0.113. The first kappa shape index (κ1) is 24.5. The molecule has 0 saturated heterocycles. The summed E-state index contributed by atoms with van der Waals surface area (Å²) in [5.74, 6) is 0.768. The van der Waals surface area contributed by atoms with Gasteiger partial charge < -0.3 is 15.2 Å². The van der Waals surface area contributed by atoms with Crippen LogP contribution in [0.25, 0.3) is 0 Å². The van der Waals surface area contributed by atoms with Crippen molar-refractivity contribution in [1.29, 1.82) is 0 Å². The lowest BCUT2D eigenvalue weighted by atomic mass is 10.0. The summed E-state index contributed by atoms with van der Waals surface area (Å²) in [6.45, 7) is 10.6. The van der Waals surface area contributed by atoms with Crippen LogP contribution in [0.15, 0.2) is 53.7 Å². The van der Waals surface area contributed by atoms with Crippen molar-refractivity contribution in [3.05, 3.63) is 71.0 Å². The van der Waals surface area contributed by atoms with Crippen LogP contribution in [0.4, 0.5) is 5.69 Å². The molecule has 33 heavy (non-hydrogen) atoms. The average Bonchev–Trinajstić information content (AvgIpc) is 3.19. The number of para-hydroxylation sites is 1. The zero-order valence-corrected chi connectivity index (χ0v) is 20.6. The Morgan fingerprint density at radius 1 is 1.06 bits per heavy atom. The number of aryl methyl sites for hydroxylation is 2. The van der Waals surface area contributed by atoms with Crippen LogP contribution in [0.1, 0.15) is 54.1 Å². The van der Waals surface area contributed by atoms with Crippen LogP contribution in [0.2, 0.25) is 0 Å². The number of thioether (sulfide) groups is 1. The van der Waals surface area contributed by atoms with E-state index in [-0.39, 0.29) is 29.5 Å². The Bertz CT molecular complexity index is 1130. The fraction of sp³-hybridized carbons (Fsp3) is 0.360. The largest absolute Gasteiger partial charge is 0.342 e. The summed E-state index contributed by atoms with van der Waals surface area (Å²) in [6, 6.07) is 14.9. The van der Waals surface area contributed by atoms with Gasteiger partial charge in [-0.05, 0) is 50.5 Å². The number of benzene rings is 2. The smallest absolute Gasteiger partial charge is 0.251 e. The zero-order valence-electron chi connectivity index (χ0n) is 19.8. The van der Waals surface area contributed by atoms with E-state index < -0.39 is 0 Å². The quantitative estimate of drug-likeness (QED) is 0.444. The molecule has 0 radical (unpaired) electrons. The molecule has 2 aromatic carbocycles. The molecule has 0 unspecified atom stereocenters. The number of rotatable bonds is 9. The maximum Gasteiger partial charge on any atom is 0.251 e. The Balaban J connectivity index is 1.72. The highest BCUT2D eigenvalue weighted by atomic mass is 32.2. The second kappa shape index (κ2) is 11.1. The summed E-state index contributed by atoms with van der Waals surface area (Å²) >= 11 is 1.34. The van der Waals surface area contributed by atoms with Crippen LogP contribution in [0, 0.1) is 19.8 Å². The van der Waals surface area contributed by atoms with E-state index in [1.165, 1.54) is 11.8 Å². The van der Waals surface area contributed by atoms with Gasteiger partial charge in [-0.15, -0.1) is 10.2 Å². The van der Waals surface area contributed by atoms with Gasteiger partial charge in [0, 0.05) is 17.8 Å². The van der Waals surface area contributed by atoms with E-state index >= 15 is 0 Å². The summed E-state index contributed by atoms with van der Waals surface area (Å²) in [6.07, 6.45) is 0. The van der Waals surface area contributed by atoms with Crippen molar-refractivity contribution < 1.29 is 9.59 Å². The highest BCUT2D eigenvalue weighted by Crippen LogP contribution is 2.26. The van der Waals surface area contributed by atoms with Gasteiger partial charge in [-0.25, -0.2) is 0 Å². The monoisotopic (exact) mass is 465 g/mol. The standard InChI is InChI=1S/C25H31N5O2S/c1-6-30-23(22(16(2)3)27-24(32)19-12-9-10-17(4)14-19)28-29-25(30)33-15-21(31)26-20-13-8-7-11-18(20)5/h7-14,16,22H,6,15H2,1-5H3,(H,26,31)(H,27,32)/t22-/m0/s1. The summed E-state index contributed by atoms with van der Waals surface area (Å²) in [5.41, 5.74) is 3.47. The van der Waals surface area contributed by atoms with Crippen molar-refractivity contribution in [2.45, 2.75) is 52.4 Å². The first-order chi connectivity index (χ1) is 15.8. The van der Waals surface area contributed by atoms with E-state index in [9.17, 15) is 9.59 Å². The Hall–Kier alpha value is -3.13. The summed E-state index contributed by atoms with van der Waals surface area (Å²) in [4.78, 5) is 25.4. The molecule has 3 rings (SSSR count). The molecule has 0 aliphatic rings. The third kappa shape index (κ3) is 6.22. The van der Waals surface area contributed by atoms with Crippen LogP contribution < -0.4 is 10.6 Å². The third-order valence-corrected chi connectivity index (χ3v) is 6.29. The van der Waals surface area contributed by atoms with Gasteiger partial charge >= 0.3 is 0 Å². The molecule has 2 N–H and O–H groups in total. The number of nitrogens with one attached hydrogen (secondary N) is 2. The number of hydrogen-bond donors (Lipinski definition) is 2. The van der Waals surface area contributed by atoms with E-state index in [2.05, 4.69) is 20.8 Å². The van der Waals surface area contributed by atoms with E-state index in [1.807, 2.05) is 81.7 Å². The SMILES string of the molecule is CCn1c(SCC(=O)Nc2ccccc2C)nnc1[C@@H](NC(=O)c1cccc(C)c1)C(C)C. The fourth-order valence-corrected chi connectivity index (χ4v) is 4.31. The summed E-state index contributed by atoms with van der Waals surface area (Å²) < 4.78 is 1.97. The van der Waals surface area contributed by atoms with Gasteiger partial charge in [0.15, 0.2) is 11.0 Å². The van der Waals surface area contributed by atoms with Crippen molar-refractivity contribution in [2.24, 2.45) is 5.92 Å². The second-order valence-electron chi connectivity index (χ2n) is 8.30. The van der Waals surface area contributed by atoms with Crippen molar-refractivity contribution in [3.63, 3.8) is 0 Å². The van der Waals surface area contributed by atoms with Gasteiger partial charge in [-0.3, -0.25) is 9.59 Å². The molecule has 2 amide bonds. The van der Waals surface area contributed by atoms with Gasteiger partial charge in [0.05, 0.1) is 11.8 Å². The molecule has 0 spiro atoms. The van der Waals surface area contributed by atoms with E-state index in [0.29, 0.717) is 23.1 Å².